The summed E-state index contributed by atoms with van der Waals surface area (Å²) in [4.78, 5) is 23.5. The molecule has 0 spiro atoms. The molecular formula is C32H33BrF3N5O6. The van der Waals surface area contributed by atoms with Gasteiger partial charge in [0, 0.05) is 48.7 Å². The Hall–Kier alpha value is -4.18. The molecule has 1 saturated heterocycles. The number of nitrogens with one attached hydrogen (secondary N) is 2. The molecule has 47 heavy (non-hydrogen) atoms. The number of ether oxygens (including phenoxy) is 5. The Morgan fingerprint density at radius 1 is 0.936 bits per heavy atom. The molecule has 5 rings (SSSR count). The van der Waals surface area contributed by atoms with Crippen molar-refractivity contribution >= 4 is 44.2 Å². The van der Waals surface area contributed by atoms with Crippen molar-refractivity contribution in [3.63, 3.8) is 0 Å². The number of halogens is 4. The second-order valence-electron chi connectivity index (χ2n) is 10.4. The minimum atomic E-state index is -4.57. The molecule has 0 saturated carbocycles. The van der Waals surface area contributed by atoms with Gasteiger partial charge in [-0.3, -0.25) is 4.90 Å². The largest absolute Gasteiger partial charge is 0.490 e. The van der Waals surface area contributed by atoms with Crippen LogP contribution in [0.1, 0.15) is 12.0 Å². The molecule has 4 aromatic rings. The van der Waals surface area contributed by atoms with Crippen molar-refractivity contribution in [2.45, 2.75) is 12.6 Å². The van der Waals surface area contributed by atoms with Gasteiger partial charge in [-0.25, -0.2) is 14.8 Å². The molecule has 0 radical (unpaired) electrons. The minimum Gasteiger partial charge on any atom is -0.490 e. The predicted molar refractivity (Wildman–Crippen MR) is 173 cm³/mol. The molecule has 0 bridgehead atoms. The fourth-order valence-corrected chi connectivity index (χ4v) is 5.18. The number of anilines is 2. The van der Waals surface area contributed by atoms with E-state index in [4.69, 9.17) is 23.7 Å². The molecule has 0 atom stereocenters. The third-order valence-corrected chi connectivity index (χ3v) is 7.74. The fraction of sp³-hybridized carbons (Fsp3) is 0.344. The van der Waals surface area contributed by atoms with E-state index in [0.29, 0.717) is 53.7 Å². The Morgan fingerprint density at radius 2 is 1.64 bits per heavy atom. The van der Waals surface area contributed by atoms with Crippen LogP contribution in [0.15, 0.2) is 65.4 Å². The number of rotatable bonds is 13. The summed E-state index contributed by atoms with van der Waals surface area (Å²) < 4.78 is 68.2. The Labute approximate surface area is 277 Å². The van der Waals surface area contributed by atoms with Gasteiger partial charge in [0.1, 0.15) is 18.7 Å². The van der Waals surface area contributed by atoms with E-state index in [1.54, 1.807) is 43.5 Å². The third kappa shape index (κ3) is 9.67. The lowest BCUT2D eigenvalue weighted by molar-refractivity contribution is -0.138. The van der Waals surface area contributed by atoms with E-state index >= 15 is 0 Å². The van der Waals surface area contributed by atoms with Crippen LogP contribution in [0.2, 0.25) is 0 Å². The van der Waals surface area contributed by atoms with Gasteiger partial charge in [-0.15, -0.1) is 0 Å². The summed E-state index contributed by atoms with van der Waals surface area (Å²) in [6, 6.07) is 12.7. The highest BCUT2D eigenvalue weighted by molar-refractivity contribution is 9.10. The number of methoxy groups -OCH3 is 1. The highest BCUT2D eigenvalue weighted by Gasteiger charge is 2.33. The molecular weight excluding hydrogens is 687 g/mol. The average molecular weight is 721 g/mol. The van der Waals surface area contributed by atoms with Crippen molar-refractivity contribution in [3.05, 3.63) is 71.0 Å². The normalized spacial score (nSPS) is 13.7. The molecule has 2 N–H and O–H groups in total. The fourth-order valence-electron chi connectivity index (χ4n) is 4.71. The third-order valence-electron chi connectivity index (χ3n) is 7.05. The SMILES string of the molecule is COCCOc1cc2c(Oc3ccc(NC(=O)Nc4ccc(Br)c(C(F)(F)F)c4)cc3)ncnc2cc1OCCCN1CCOCC1. The summed E-state index contributed by atoms with van der Waals surface area (Å²) in [6.45, 7) is 5.42. The molecule has 15 heteroatoms. The smallest absolute Gasteiger partial charge is 0.417 e. The Balaban J connectivity index is 1.24. The second-order valence-corrected chi connectivity index (χ2v) is 11.2. The predicted octanol–water partition coefficient (Wildman–Crippen LogP) is 6.97. The Kier molecular flexibility index (Phi) is 11.7. The van der Waals surface area contributed by atoms with Crippen LogP contribution in [0, 0.1) is 0 Å². The summed E-state index contributed by atoms with van der Waals surface area (Å²) >= 11 is 2.88. The van der Waals surface area contributed by atoms with Gasteiger partial charge in [-0.05, 0) is 55.0 Å². The average Bonchev–Trinajstić information content (AvgIpc) is 3.05. The zero-order valence-electron chi connectivity index (χ0n) is 25.4. The number of carbonyl (C=O) groups is 1. The summed E-state index contributed by atoms with van der Waals surface area (Å²) in [5, 5.41) is 5.59. The molecule has 250 valence electrons. The number of hydrogen-bond donors (Lipinski definition) is 2. The molecule has 0 unspecified atom stereocenters. The first-order valence-electron chi connectivity index (χ1n) is 14.8. The molecule has 1 aliphatic rings. The van der Waals surface area contributed by atoms with Crippen molar-refractivity contribution in [2.24, 2.45) is 0 Å². The molecule has 3 aromatic carbocycles. The maximum Gasteiger partial charge on any atom is 0.417 e. The van der Waals surface area contributed by atoms with Gasteiger partial charge in [0.05, 0.1) is 42.9 Å². The number of alkyl halides is 3. The molecule has 2 heterocycles. The monoisotopic (exact) mass is 719 g/mol. The molecule has 1 fully saturated rings. The zero-order valence-corrected chi connectivity index (χ0v) is 27.0. The second kappa shape index (κ2) is 16.1. The number of fused-ring (bicyclic) bond motifs is 1. The Bertz CT molecular complexity index is 1660. The zero-order chi connectivity index (χ0) is 33.2. The van der Waals surface area contributed by atoms with Gasteiger partial charge >= 0.3 is 12.2 Å². The number of morpholine rings is 1. The van der Waals surface area contributed by atoms with E-state index < -0.39 is 17.8 Å². The van der Waals surface area contributed by atoms with Crippen molar-refractivity contribution in [1.29, 1.82) is 0 Å². The number of urea groups is 1. The summed E-state index contributed by atoms with van der Waals surface area (Å²) in [5.41, 5.74) is 0.0697. The summed E-state index contributed by atoms with van der Waals surface area (Å²) in [5.74, 6) is 1.74. The Morgan fingerprint density at radius 3 is 2.38 bits per heavy atom. The molecule has 11 nitrogen and oxygen atoms in total. The van der Waals surface area contributed by atoms with Gasteiger partial charge in [0.15, 0.2) is 11.5 Å². The lowest BCUT2D eigenvalue weighted by atomic mass is 10.2. The number of carbonyl (C=O) groups excluding carboxylic acids is 1. The van der Waals surface area contributed by atoms with Crippen LogP contribution in [-0.2, 0) is 15.7 Å². The molecule has 1 aliphatic heterocycles. The van der Waals surface area contributed by atoms with Gasteiger partial charge in [-0.1, -0.05) is 15.9 Å². The van der Waals surface area contributed by atoms with Crippen LogP contribution < -0.4 is 24.8 Å². The van der Waals surface area contributed by atoms with E-state index in [2.05, 4.69) is 41.4 Å². The van der Waals surface area contributed by atoms with E-state index in [9.17, 15) is 18.0 Å². The highest BCUT2D eigenvalue weighted by atomic mass is 79.9. The molecule has 1 aromatic heterocycles. The van der Waals surface area contributed by atoms with Crippen molar-refractivity contribution < 1.29 is 41.7 Å². The first kappa shape index (κ1) is 34.2. The number of hydrogen-bond acceptors (Lipinski definition) is 9. The lowest BCUT2D eigenvalue weighted by Crippen LogP contribution is -2.37. The van der Waals surface area contributed by atoms with E-state index in [1.165, 1.54) is 18.5 Å². The van der Waals surface area contributed by atoms with Gasteiger partial charge in [0.25, 0.3) is 0 Å². The van der Waals surface area contributed by atoms with Gasteiger partial charge in [-0.2, -0.15) is 13.2 Å². The minimum absolute atomic E-state index is 0.0132. The highest BCUT2D eigenvalue weighted by Crippen LogP contribution is 2.38. The van der Waals surface area contributed by atoms with E-state index in [1.807, 2.05) is 0 Å². The quantitative estimate of drug-likeness (QED) is 0.141. The van der Waals surface area contributed by atoms with Crippen LogP contribution >= 0.6 is 15.9 Å². The topological polar surface area (TPSA) is 116 Å². The maximum absolute atomic E-state index is 13.2. The number of aromatic nitrogens is 2. The molecule has 2 amide bonds. The molecule has 0 aliphatic carbocycles. The van der Waals surface area contributed by atoms with Crippen LogP contribution in [0.4, 0.5) is 29.3 Å². The van der Waals surface area contributed by atoms with E-state index in [-0.39, 0.29) is 16.0 Å². The standard InChI is InChI=1S/C32H33BrF3N5O6/c1-43-15-16-46-28-18-24-27(19-29(28)45-12-2-9-41-10-13-44-14-11-41)37-20-38-30(24)47-23-6-3-21(4-7-23)39-31(42)40-22-5-8-26(33)25(17-22)32(34,35)36/h3-8,17-20H,2,9-16H2,1H3,(H2,39,40,42). The first-order valence-corrected chi connectivity index (χ1v) is 15.5. The summed E-state index contributed by atoms with van der Waals surface area (Å²) in [6.07, 6.45) is -2.35. The summed E-state index contributed by atoms with van der Waals surface area (Å²) in [7, 11) is 1.59. The number of benzene rings is 3. The van der Waals surface area contributed by atoms with Crippen LogP contribution in [0.5, 0.6) is 23.1 Å². The number of nitrogens with zero attached hydrogens (tertiary/aromatic N) is 3. The van der Waals surface area contributed by atoms with Gasteiger partial charge in [0.2, 0.25) is 5.88 Å². The maximum atomic E-state index is 13.2. The van der Waals surface area contributed by atoms with Crippen molar-refractivity contribution in [3.8, 4) is 23.1 Å². The van der Waals surface area contributed by atoms with Crippen LogP contribution in [0.3, 0.4) is 0 Å². The van der Waals surface area contributed by atoms with Crippen molar-refractivity contribution in [1.82, 2.24) is 14.9 Å². The number of amides is 2. The van der Waals surface area contributed by atoms with Gasteiger partial charge < -0.3 is 34.3 Å². The van der Waals surface area contributed by atoms with E-state index in [0.717, 1.165) is 45.3 Å². The lowest BCUT2D eigenvalue weighted by Gasteiger charge is -2.26. The van der Waals surface area contributed by atoms with Crippen LogP contribution in [-0.4, -0.2) is 80.7 Å². The van der Waals surface area contributed by atoms with Crippen molar-refractivity contribution in [2.75, 3.05) is 70.4 Å². The first-order chi connectivity index (χ1) is 22.7. The van der Waals surface area contributed by atoms with Crippen LogP contribution in [0.25, 0.3) is 10.9 Å².